The topological polar surface area (TPSA) is 59.8 Å². The summed E-state index contributed by atoms with van der Waals surface area (Å²) in [6.45, 7) is 5.98. The highest BCUT2D eigenvalue weighted by Gasteiger charge is 2.16. The van der Waals surface area contributed by atoms with E-state index in [0.29, 0.717) is 18.5 Å². The number of fused-ring (bicyclic) bond motifs is 1. The summed E-state index contributed by atoms with van der Waals surface area (Å²) in [7, 11) is 1.89. The van der Waals surface area contributed by atoms with Crippen molar-refractivity contribution in [2.45, 2.75) is 33.6 Å². The molecule has 2 heterocycles. The third kappa shape index (κ3) is 3.38. The summed E-state index contributed by atoms with van der Waals surface area (Å²) in [6, 6.07) is 5.76. The van der Waals surface area contributed by atoms with Gasteiger partial charge in [0, 0.05) is 30.2 Å². The summed E-state index contributed by atoms with van der Waals surface area (Å²) < 4.78 is 14.7. The summed E-state index contributed by atoms with van der Waals surface area (Å²) in [5.41, 5.74) is 5.53. The van der Waals surface area contributed by atoms with Gasteiger partial charge in [0.25, 0.3) is 0 Å². The van der Waals surface area contributed by atoms with Crippen LogP contribution in [0.15, 0.2) is 24.3 Å². The lowest BCUT2D eigenvalue weighted by Gasteiger charge is -2.11. The number of carbonyl (C=O) groups is 1. The van der Waals surface area contributed by atoms with E-state index in [0.717, 1.165) is 33.5 Å². The lowest BCUT2D eigenvalue weighted by molar-refractivity contribution is -0.116. The van der Waals surface area contributed by atoms with E-state index >= 15 is 0 Å². The Balaban J connectivity index is 1.77. The molecule has 0 aliphatic heterocycles. The van der Waals surface area contributed by atoms with Crippen molar-refractivity contribution in [1.82, 2.24) is 14.8 Å². The Hall–Kier alpha value is -2.76. The molecule has 1 N–H and O–H groups in total. The van der Waals surface area contributed by atoms with Crippen LogP contribution in [0.1, 0.15) is 28.9 Å². The van der Waals surface area contributed by atoms with Crippen molar-refractivity contribution in [2.75, 3.05) is 5.32 Å². The minimum Gasteiger partial charge on any atom is -0.326 e. The van der Waals surface area contributed by atoms with Crippen molar-refractivity contribution in [3.05, 3.63) is 52.6 Å². The van der Waals surface area contributed by atoms with Crippen molar-refractivity contribution in [3.8, 4) is 0 Å². The third-order valence-corrected chi connectivity index (χ3v) is 4.46. The number of nitrogens with one attached hydrogen (secondary N) is 1. The fourth-order valence-electron chi connectivity index (χ4n) is 3.23. The first-order chi connectivity index (χ1) is 11.9. The molecule has 2 aromatic heterocycles. The van der Waals surface area contributed by atoms with Crippen LogP contribution in [0.3, 0.4) is 0 Å². The second-order valence-electron chi connectivity index (χ2n) is 6.26. The molecule has 1 aromatic carbocycles. The molecule has 0 spiro atoms. The van der Waals surface area contributed by atoms with Gasteiger partial charge < -0.3 is 5.32 Å². The lowest BCUT2D eigenvalue weighted by Crippen LogP contribution is -2.13. The summed E-state index contributed by atoms with van der Waals surface area (Å²) in [4.78, 5) is 16.8. The first-order valence-corrected chi connectivity index (χ1v) is 8.21. The standard InChI is InChI=1S/C19H21FN4O/c1-11-16(12(2)21-19-18(11)13(3)23-24(19)4)9-10-17(25)22-15-7-5-14(20)6-8-15/h5-8H,9-10H2,1-4H3,(H,22,25). The number of aromatic nitrogens is 3. The number of amides is 1. The maximum Gasteiger partial charge on any atom is 0.224 e. The Morgan fingerprint density at radius 2 is 1.84 bits per heavy atom. The van der Waals surface area contributed by atoms with E-state index in [9.17, 15) is 9.18 Å². The third-order valence-electron chi connectivity index (χ3n) is 4.46. The van der Waals surface area contributed by atoms with Crippen molar-refractivity contribution >= 4 is 22.6 Å². The maximum absolute atomic E-state index is 12.9. The normalized spacial score (nSPS) is 11.1. The highest BCUT2D eigenvalue weighted by atomic mass is 19.1. The van der Waals surface area contributed by atoms with Gasteiger partial charge in [-0.1, -0.05) is 0 Å². The second-order valence-corrected chi connectivity index (χ2v) is 6.26. The van der Waals surface area contributed by atoms with Gasteiger partial charge >= 0.3 is 0 Å². The van der Waals surface area contributed by atoms with E-state index < -0.39 is 0 Å². The quantitative estimate of drug-likeness (QED) is 0.789. The van der Waals surface area contributed by atoms with Crippen LogP contribution in [0.2, 0.25) is 0 Å². The SMILES string of the molecule is Cc1nc2c(c(C)nn2C)c(C)c1CCC(=O)Nc1ccc(F)cc1. The number of pyridine rings is 1. The minimum absolute atomic E-state index is 0.103. The number of rotatable bonds is 4. The molecule has 0 fully saturated rings. The largest absolute Gasteiger partial charge is 0.326 e. The Kier molecular flexibility index (Phi) is 4.53. The van der Waals surface area contributed by atoms with Gasteiger partial charge in [0.1, 0.15) is 5.82 Å². The van der Waals surface area contributed by atoms with Crippen LogP contribution < -0.4 is 5.32 Å². The van der Waals surface area contributed by atoms with Crippen LogP contribution in [0.5, 0.6) is 0 Å². The van der Waals surface area contributed by atoms with E-state index in [2.05, 4.69) is 22.3 Å². The molecular weight excluding hydrogens is 319 g/mol. The van der Waals surface area contributed by atoms with E-state index in [-0.39, 0.29) is 11.7 Å². The van der Waals surface area contributed by atoms with Crippen LogP contribution in [0.25, 0.3) is 11.0 Å². The second kappa shape index (κ2) is 6.63. The van der Waals surface area contributed by atoms with Gasteiger partial charge in [0.15, 0.2) is 5.65 Å². The van der Waals surface area contributed by atoms with E-state index in [1.807, 2.05) is 20.9 Å². The molecule has 0 unspecified atom stereocenters. The number of nitrogens with zero attached hydrogens (tertiary/aromatic N) is 3. The number of anilines is 1. The number of hydrogen-bond donors (Lipinski definition) is 1. The van der Waals surface area contributed by atoms with Gasteiger partial charge in [0.05, 0.1) is 5.69 Å². The molecule has 0 aliphatic rings. The number of benzene rings is 1. The smallest absolute Gasteiger partial charge is 0.224 e. The lowest BCUT2D eigenvalue weighted by atomic mass is 9.99. The Morgan fingerprint density at radius 3 is 2.52 bits per heavy atom. The highest BCUT2D eigenvalue weighted by Crippen LogP contribution is 2.26. The van der Waals surface area contributed by atoms with Crippen molar-refractivity contribution in [1.29, 1.82) is 0 Å². The molecule has 6 heteroatoms. The number of carbonyl (C=O) groups excluding carboxylic acids is 1. The zero-order chi connectivity index (χ0) is 18.1. The Labute approximate surface area is 145 Å². The Morgan fingerprint density at radius 1 is 1.16 bits per heavy atom. The molecule has 1 amide bonds. The van der Waals surface area contributed by atoms with Crippen LogP contribution in [0, 0.1) is 26.6 Å². The van der Waals surface area contributed by atoms with Gasteiger partial charge in [-0.15, -0.1) is 0 Å². The molecular formula is C19H21FN4O. The van der Waals surface area contributed by atoms with Gasteiger partial charge in [-0.25, -0.2) is 9.37 Å². The molecule has 5 nitrogen and oxygen atoms in total. The summed E-state index contributed by atoms with van der Waals surface area (Å²) in [5.74, 6) is -0.427. The first-order valence-electron chi connectivity index (χ1n) is 8.21. The molecule has 0 atom stereocenters. The Bertz CT molecular complexity index is 944. The van der Waals surface area contributed by atoms with Gasteiger partial charge in [0.2, 0.25) is 5.91 Å². The van der Waals surface area contributed by atoms with Gasteiger partial charge in [-0.05, 0) is 62.6 Å². The molecule has 0 aliphatic carbocycles. The average molecular weight is 340 g/mol. The monoisotopic (exact) mass is 340 g/mol. The van der Waals surface area contributed by atoms with E-state index in [4.69, 9.17) is 0 Å². The zero-order valence-corrected chi connectivity index (χ0v) is 14.9. The van der Waals surface area contributed by atoms with Crippen LogP contribution in [-0.4, -0.2) is 20.7 Å². The predicted octanol–water partition coefficient (Wildman–Crippen LogP) is 3.60. The molecule has 25 heavy (non-hydrogen) atoms. The molecule has 0 saturated heterocycles. The van der Waals surface area contributed by atoms with Crippen molar-refractivity contribution < 1.29 is 9.18 Å². The fourth-order valence-corrected chi connectivity index (χ4v) is 3.23. The molecule has 3 aromatic rings. The molecule has 130 valence electrons. The minimum atomic E-state index is -0.324. The molecule has 0 saturated carbocycles. The van der Waals surface area contributed by atoms with Gasteiger partial charge in [-0.2, -0.15) is 5.10 Å². The van der Waals surface area contributed by atoms with Crippen LogP contribution in [0.4, 0.5) is 10.1 Å². The van der Waals surface area contributed by atoms with E-state index in [1.54, 1.807) is 16.8 Å². The summed E-state index contributed by atoms with van der Waals surface area (Å²) in [6.07, 6.45) is 0.938. The highest BCUT2D eigenvalue weighted by molar-refractivity contribution is 5.91. The van der Waals surface area contributed by atoms with Crippen molar-refractivity contribution in [2.24, 2.45) is 7.05 Å². The average Bonchev–Trinajstić information content (AvgIpc) is 2.83. The summed E-state index contributed by atoms with van der Waals surface area (Å²) >= 11 is 0. The molecule has 0 bridgehead atoms. The van der Waals surface area contributed by atoms with E-state index in [1.165, 1.54) is 12.1 Å². The zero-order valence-electron chi connectivity index (χ0n) is 14.9. The predicted molar refractivity (Wildman–Crippen MR) is 96.1 cm³/mol. The fraction of sp³-hybridized carbons (Fsp3) is 0.316. The molecule has 0 radical (unpaired) electrons. The summed E-state index contributed by atoms with van der Waals surface area (Å²) in [5, 5.41) is 8.28. The van der Waals surface area contributed by atoms with Crippen LogP contribution in [-0.2, 0) is 18.3 Å². The number of aryl methyl sites for hydroxylation is 4. The van der Waals surface area contributed by atoms with Gasteiger partial charge in [-0.3, -0.25) is 9.48 Å². The van der Waals surface area contributed by atoms with Crippen LogP contribution >= 0.6 is 0 Å². The van der Waals surface area contributed by atoms with Crippen molar-refractivity contribution in [3.63, 3.8) is 0 Å². The first kappa shape index (κ1) is 17.1. The molecule has 3 rings (SSSR count). The number of hydrogen-bond acceptors (Lipinski definition) is 3. The maximum atomic E-state index is 12.9. The number of halogens is 1.